The Morgan fingerprint density at radius 1 is 1.41 bits per heavy atom. The van der Waals surface area contributed by atoms with Crippen LogP contribution in [-0.2, 0) is 6.42 Å². The first-order chi connectivity index (χ1) is 8.19. The highest BCUT2D eigenvalue weighted by Gasteiger charge is 2.12. The summed E-state index contributed by atoms with van der Waals surface area (Å²) < 4.78 is 18.3. The fraction of sp³-hybridized carbons (Fsp3) is 0.231. The lowest BCUT2D eigenvalue weighted by Gasteiger charge is -2.16. The Kier molecular flexibility index (Phi) is 3.56. The molecule has 0 fully saturated rings. The summed E-state index contributed by atoms with van der Waals surface area (Å²) in [6, 6.07) is 6.67. The van der Waals surface area contributed by atoms with Gasteiger partial charge in [0.05, 0.1) is 18.6 Å². The molecular weight excluding hydrogens is 219 g/mol. The number of hydrogen-bond donors (Lipinski definition) is 2. The van der Waals surface area contributed by atoms with Gasteiger partial charge in [-0.15, -0.1) is 0 Å². The van der Waals surface area contributed by atoms with Gasteiger partial charge in [0.25, 0.3) is 0 Å². The minimum atomic E-state index is -0.243. The summed E-state index contributed by atoms with van der Waals surface area (Å²) in [5, 5.41) is 0. The first-order valence-electron chi connectivity index (χ1n) is 5.43. The molecule has 90 valence electrons. The normalized spacial score (nSPS) is 12.6. The third kappa shape index (κ3) is 2.93. The molecule has 1 atom stereocenters. The molecule has 17 heavy (non-hydrogen) atoms. The van der Waals surface area contributed by atoms with E-state index in [0.717, 1.165) is 16.7 Å². The molecule has 2 aromatic rings. The predicted octanol–water partition coefficient (Wildman–Crippen LogP) is 2.47. The average Bonchev–Trinajstić information content (AvgIpc) is 2.77. The Bertz CT molecular complexity index is 462. The van der Waals surface area contributed by atoms with E-state index in [0.29, 0.717) is 6.42 Å². The van der Waals surface area contributed by atoms with Crippen LogP contribution < -0.4 is 11.3 Å². The van der Waals surface area contributed by atoms with Gasteiger partial charge < -0.3 is 4.42 Å². The number of rotatable bonds is 4. The van der Waals surface area contributed by atoms with E-state index in [1.54, 1.807) is 12.5 Å². The molecule has 2 rings (SSSR count). The highest BCUT2D eigenvalue weighted by Crippen LogP contribution is 2.20. The zero-order valence-electron chi connectivity index (χ0n) is 9.61. The van der Waals surface area contributed by atoms with Crippen LogP contribution in [0.1, 0.15) is 22.7 Å². The number of hydrogen-bond acceptors (Lipinski definition) is 3. The second-order valence-corrected chi connectivity index (χ2v) is 4.12. The fourth-order valence-electron chi connectivity index (χ4n) is 1.88. The largest absolute Gasteiger partial charge is 0.472 e. The van der Waals surface area contributed by atoms with Crippen molar-refractivity contribution in [3.05, 3.63) is 59.3 Å². The quantitative estimate of drug-likeness (QED) is 0.631. The number of benzene rings is 1. The van der Waals surface area contributed by atoms with E-state index >= 15 is 0 Å². The lowest BCUT2D eigenvalue weighted by molar-refractivity contribution is 0.531. The van der Waals surface area contributed by atoms with E-state index in [9.17, 15) is 4.39 Å². The van der Waals surface area contributed by atoms with Crippen molar-refractivity contribution in [3.8, 4) is 0 Å². The SMILES string of the molecule is Cc1cc(F)cc(C(Cc2ccoc2)NN)c1. The van der Waals surface area contributed by atoms with Gasteiger partial charge in [0.2, 0.25) is 0 Å². The topological polar surface area (TPSA) is 51.2 Å². The van der Waals surface area contributed by atoms with Gasteiger partial charge in [-0.1, -0.05) is 6.07 Å². The van der Waals surface area contributed by atoms with Gasteiger partial charge in [-0.05, 0) is 48.2 Å². The molecule has 1 heterocycles. The van der Waals surface area contributed by atoms with Crippen LogP contribution in [0.2, 0.25) is 0 Å². The lowest BCUT2D eigenvalue weighted by atomic mass is 9.99. The van der Waals surface area contributed by atoms with Gasteiger partial charge in [-0.25, -0.2) is 4.39 Å². The van der Waals surface area contributed by atoms with Crippen LogP contribution >= 0.6 is 0 Å². The maximum Gasteiger partial charge on any atom is 0.123 e. The van der Waals surface area contributed by atoms with Gasteiger partial charge in [-0.2, -0.15) is 0 Å². The molecule has 1 aromatic carbocycles. The van der Waals surface area contributed by atoms with Crippen molar-refractivity contribution >= 4 is 0 Å². The van der Waals surface area contributed by atoms with E-state index in [4.69, 9.17) is 10.3 Å². The maximum absolute atomic E-state index is 13.3. The standard InChI is InChI=1S/C13H15FN2O/c1-9-4-11(7-12(14)5-9)13(16-15)6-10-2-3-17-8-10/h2-5,7-8,13,16H,6,15H2,1H3. The van der Waals surface area contributed by atoms with Crippen LogP contribution in [0.4, 0.5) is 4.39 Å². The summed E-state index contributed by atoms with van der Waals surface area (Å²) in [6.45, 7) is 1.86. The Labute approximate surface area is 99.4 Å². The third-order valence-electron chi connectivity index (χ3n) is 2.69. The molecule has 3 nitrogen and oxygen atoms in total. The zero-order valence-corrected chi connectivity index (χ0v) is 9.61. The second-order valence-electron chi connectivity index (χ2n) is 4.12. The molecule has 0 aliphatic heterocycles. The number of nitrogens with one attached hydrogen (secondary N) is 1. The minimum absolute atomic E-state index is 0.123. The molecule has 0 saturated carbocycles. The van der Waals surface area contributed by atoms with Gasteiger partial charge in [0, 0.05) is 0 Å². The summed E-state index contributed by atoms with van der Waals surface area (Å²) in [4.78, 5) is 0. The van der Waals surface area contributed by atoms with Gasteiger partial charge in [0.1, 0.15) is 5.82 Å². The number of aryl methyl sites for hydroxylation is 1. The molecule has 0 saturated heterocycles. The Morgan fingerprint density at radius 3 is 2.82 bits per heavy atom. The molecule has 0 bridgehead atoms. The molecular formula is C13H15FN2O. The van der Waals surface area contributed by atoms with E-state index in [1.165, 1.54) is 12.1 Å². The van der Waals surface area contributed by atoms with E-state index in [2.05, 4.69) is 5.43 Å². The molecule has 0 aliphatic carbocycles. The zero-order chi connectivity index (χ0) is 12.3. The molecule has 0 amide bonds. The van der Waals surface area contributed by atoms with E-state index in [1.807, 2.05) is 19.1 Å². The van der Waals surface area contributed by atoms with Crippen LogP contribution in [0.5, 0.6) is 0 Å². The lowest BCUT2D eigenvalue weighted by Crippen LogP contribution is -2.29. The van der Waals surface area contributed by atoms with Crippen molar-refractivity contribution in [3.63, 3.8) is 0 Å². The highest BCUT2D eigenvalue weighted by atomic mass is 19.1. The van der Waals surface area contributed by atoms with E-state index in [-0.39, 0.29) is 11.9 Å². The Hall–Kier alpha value is -1.65. The molecule has 0 spiro atoms. The minimum Gasteiger partial charge on any atom is -0.472 e. The third-order valence-corrected chi connectivity index (χ3v) is 2.69. The summed E-state index contributed by atoms with van der Waals surface area (Å²) in [7, 11) is 0. The number of halogens is 1. The van der Waals surface area contributed by atoms with Crippen LogP contribution in [0, 0.1) is 12.7 Å². The van der Waals surface area contributed by atoms with Crippen LogP contribution in [0.15, 0.2) is 41.2 Å². The van der Waals surface area contributed by atoms with Crippen molar-refractivity contribution in [1.29, 1.82) is 0 Å². The summed E-state index contributed by atoms with van der Waals surface area (Å²) >= 11 is 0. The second kappa shape index (κ2) is 5.12. The van der Waals surface area contributed by atoms with Crippen LogP contribution in [0.25, 0.3) is 0 Å². The molecule has 0 radical (unpaired) electrons. The first kappa shape index (κ1) is 11.8. The molecule has 4 heteroatoms. The predicted molar refractivity (Wildman–Crippen MR) is 63.6 cm³/mol. The highest BCUT2D eigenvalue weighted by molar-refractivity contribution is 5.27. The van der Waals surface area contributed by atoms with Gasteiger partial charge in [-0.3, -0.25) is 11.3 Å². The Balaban J connectivity index is 2.22. The van der Waals surface area contributed by atoms with Crippen molar-refractivity contribution < 1.29 is 8.81 Å². The smallest absolute Gasteiger partial charge is 0.123 e. The molecule has 3 N–H and O–H groups in total. The summed E-state index contributed by atoms with van der Waals surface area (Å²) in [5.74, 6) is 5.28. The van der Waals surface area contributed by atoms with Crippen molar-refractivity contribution in [2.45, 2.75) is 19.4 Å². The van der Waals surface area contributed by atoms with Crippen LogP contribution in [0.3, 0.4) is 0 Å². The summed E-state index contributed by atoms with van der Waals surface area (Å²) in [6.07, 6.45) is 3.94. The molecule has 1 unspecified atom stereocenters. The number of furan rings is 1. The van der Waals surface area contributed by atoms with Crippen LogP contribution in [-0.4, -0.2) is 0 Å². The van der Waals surface area contributed by atoms with Gasteiger partial charge >= 0.3 is 0 Å². The van der Waals surface area contributed by atoms with Crippen molar-refractivity contribution in [1.82, 2.24) is 5.43 Å². The van der Waals surface area contributed by atoms with E-state index < -0.39 is 0 Å². The maximum atomic E-state index is 13.3. The van der Waals surface area contributed by atoms with Gasteiger partial charge in [0.15, 0.2) is 0 Å². The molecule has 0 aliphatic rings. The van der Waals surface area contributed by atoms with Crippen molar-refractivity contribution in [2.24, 2.45) is 5.84 Å². The molecule has 1 aromatic heterocycles. The number of hydrazine groups is 1. The summed E-state index contributed by atoms with van der Waals surface area (Å²) in [5.41, 5.74) is 5.45. The number of nitrogens with two attached hydrogens (primary N) is 1. The average molecular weight is 234 g/mol. The first-order valence-corrected chi connectivity index (χ1v) is 5.43. The van der Waals surface area contributed by atoms with Crippen molar-refractivity contribution in [2.75, 3.05) is 0 Å². The fourth-order valence-corrected chi connectivity index (χ4v) is 1.88. The Morgan fingerprint density at radius 2 is 2.24 bits per heavy atom. The monoisotopic (exact) mass is 234 g/mol.